The van der Waals surface area contributed by atoms with Crippen LogP contribution in [0, 0.1) is 5.82 Å². The summed E-state index contributed by atoms with van der Waals surface area (Å²) < 4.78 is 50.8. The minimum atomic E-state index is -4.65. The van der Waals surface area contributed by atoms with Gasteiger partial charge in [-0.05, 0) is 24.7 Å². The second kappa shape index (κ2) is 6.51. The van der Waals surface area contributed by atoms with Crippen molar-refractivity contribution < 1.29 is 22.4 Å². The number of hydrogen-bond acceptors (Lipinski definition) is 2. The fourth-order valence-corrected chi connectivity index (χ4v) is 1.49. The van der Waals surface area contributed by atoms with Crippen molar-refractivity contribution in [3.05, 3.63) is 35.1 Å². The molecule has 0 fully saturated rings. The first kappa shape index (κ1) is 15.4. The van der Waals surface area contributed by atoms with Crippen LogP contribution >= 0.6 is 0 Å². The molecule has 19 heavy (non-hydrogen) atoms. The summed E-state index contributed by atoms with van der Waals surface area (Å²) in [5.41, 5.74) is -1.23. The summed E-state index contributed by atoms with van der Waals surface area (Å²) in [6.07, 6.45) is -4.48. The Labute approximate surface area is 108 Å². The van der Waals surface area contributed by atoms with E-state index in [4.69, 9.17) is 0 Å². The van der Waals surface area contributed by atoms with Crippen LogP contribution in [0.1, 0.15) is 17.5 Å². The van der Waals surface area contributed by atoms with E-state index in [0.29, 0.717) is 12.6 Å². The van der Waals surface area contributed by atoms with Gasteiger partial charge >= 0.3 is 6.18 Å². The van der Waals surface area contributed by atoms with Crippen molar-refractivity contribution in [2.24, 2.45) is 0 Å². The Morgan fingerprint density at radius 3 is 2.58 bits per heavy atom. The fourth-order valence-electron chi connectivity index (χ4n) is 1.49. The standard InChI is InChI=1S/C12H14F4N2O/c1-17-5-4-11(19)18-7-8-2-3-9(13)6-10(8)12(14,15)16/h2-3,6,17H,4-5,7H2,1H3,(H,18,19). The van der Waals surface area contributed by atoms with E-state index in [2.05, 4.69) is 10.6 Å². The van der Waals surface area contributed by atoms with Gasteiger partial charge in [0, 0.05) is 19.5 Å². The van der Waals surface area contributed by atoms with Crippen molar-refractivity contribution in [2.45, 2.75) is 19.1 Å². The van der Waals surface area contributed by atoms with E-state index in [-0.39, 0.29) is 24.4 Å². The maximum Gasteiger partial charge on any atom is 0.416 e. The van der Waals surface area contributed by atoms with Gasteiger partial charge in [0.25, 0.3) is 0 Å². The fraction of sp³-hybridized carbons (Fsp3) is 0.417. The van der Waals surface area contributed by atoms with Crippen molar-refractivity contribution in [3.8, 4) is 0 Å². The highest BCUT2D eigenvalue weighted by Crippen LogP contribution is 2.32. The molecule has 0 saturated heterocycles. The summed E-state index contributed by atoms with van der Waals surface area (Å²) in [6.45, 7) is 0.152. The average molecular weight is 278 g/mol. The molecule has 0 saturated carbocycles. The minimum absolute atomic E-state index is 0.160. The van der Waals surface area contributed by atoms with Gasteiger partial charge < -0.3 is 10.6 Å². The molecule has 3 nitrogen and oxygen atoms in total. The monoisotopic (exact) mass is 278 g/mol. The first-order valence-corrected chi connectivity index (χ1v) is 5.61. The number of carbonyl (C=O) groups is 1. The molecule has 1 aromatic carbocycles. The third kappa shape index (κ3) is 4.86. The summed E-state index contributed by atoms with van der Waals surface area (Å²) >= 11 is 0. The van der Waals surface area contributed by atoms with Gasteiger partial charge in [-0.25, -0.2) is 4.39 Å². The lowest BCUT2D eigenvalue weighted by molar-refractivity contribution is -0.138. The number of alkyl halides is 3. The molecule has 2 N–H and O–H groups in total. The number of hydrogen-bond donors (Lipinski definition) is 2. The highest BCUT2D eigenvalue weighted by Gasteiger charge is 2.33. The van der Waals surface area contributed by atoms with E-state index in [0.717, 1.165) is 12.1 Å². The van der Waals surface area contributed by atoms with E-state index >= 15 is 0 Å². The van der Waals surface area contributed by atoms with Gasteiger partial charge in [0.15, 0.2) is 0 Å². The van der Waals surface area contributed by atoms with Crippen molar-refractivity contribution in [3.63, 3.8) is 0 Å². The van der Waals surface area contributed by atoms with Gasteiger partial charge in [0.05, 0.1) is 5.56 Å². The lowest BCUT2D eigenvalue weighted by Crippen LogP contribution is -2.27. The van der Waals surface area contributed by atoms with Gasteiger partial charge in [0.2, 0.25) is 5.91 Å². The lowest BCUT2D eigenvalue weighted by Gasteiger charge is -2.13. The number of amides is 1. The first-order chi connectivity index (χ1) is 8.84. The molecule has 1 rings (SSSR count). The van der Waals surface area contributed by atoms with Gasteiger partial charge in [0.1, 0.15) is 5.82 Å². The average Bonchev–Trinajstić information content (AvgIpc) is 2.33. The molecule has 0 atom stereocenters. The van der Waals surface area contributed by atoms with Gasteiger partial charge in [-0.15, -0.1) is 0 Å². The first-order valence-electron chi connectivity index (χ1n) is 5.61. The van der Waals surface area contributed by atoms with Crippen LogP contribution in [-0.2, 0) is 17.5 Å². The quantitative estimate of drug-likeness (QED) is 0.810. The third-order valence-corrected chi connectivity index (χ3v) is 2.46. The second-order valence-corrected chi connectivity index (χ2v) is 3.93. The van der Waals surface area contributed by atoms with Gasteiger partial charge in [-0.2, -0.15) is 13.2 Å². The Bertz CT molecular complexity index is 446. The Balaban J connectivity index is 2.76. The normalized spacial score (nSPS) is 11.4. The molecule has 0 heterocycles. The summed E-state index contributed by atoms with van der Waals surface area (Å²) in [6, 6.07) is 2.38. The zero-order valence-electron chi connectivity index (χ0n) is 10.3. The molecule has 106 valence electrons. The topological polar surface area (TPSA) is 41.1 Å². The molecule has 0 spiro atoms. The van der Waals surface area contributed by atoms with Crippen LogP contribution in [0.3, 0.4) is 0 Å². The van der Waals surface area contributed by atoms with Crippen LogP contribution in [-0.4, -0.2) is 19.5 Å². The van der Waals surface area contributed by atoms with E-state index in [9.17, 15) is 22.4 Å². The summed E-state index contributed by atoms with van der Waals surface area (Å²) in [7, 11) is 1.66. The minimum Gasteiger partial charge on any atom is -0.352 e. The number of benzene rings is 1. The largest absolute Gasteiger partial charge is 0.416 e. The number of rotatable bonds is 5. The van der Waals surface area contributed by atoms with Crippen LogP contribution in [0.15, 0.2) is 18.2 Å². The van der Waals surface area contributed by atoms with Gasteiger partial charge in [-0.3, -0.25) is 4.79 Å². The number of carbonyl (C=O) groups excluding carboxylic acids is 1. The van der Waals surface area contributed by atoms with Crippen LogP contribution in [0.4, 0.5) is 17.6 Å². The van der Waals surface area contributed by atoms with Crippen LogP contribution in [0.2, 0.25) is 0 Å². The zero-order valence-corrected chi connectivity index (χ0v) is 10.3. The van der Waals surface area contributed by atoms with Crippen molar-refractivity contribution >= 4 is 5.91 Å². The molecule has 0 aliphatic heterocycles. The molecule has 0 radical (unpaired) electrons. The second-order valence-electron chi connectivity index (χ2n) is 3.93. The summed E-state index contributed by atoms with van der Waals surface area (Å²) in [4.78, 5) is 11.3. The molecule has 0 aromatic heterocycles. The van der Waals surface area contributed by atoms with E-state index in [1.165, 1.54) is 0 Å². The van der Waals surface area contributed by atoms with Gasteiger partial charge in [-0.1, -0.05) is 6.07 Å². The highest BCUT2D eigenvalue weighted by atomic mass is 19.4. The number of halogens is 4. The molecule has 0 bridgehead atoms. The van der Waals surface area contributed by atoms with Crippen molar-refractivity contribution in [1.82, 2.24) is 10.6 Å². The molecular weight excluding hydrogens is 264 g/mol. The van der Waals surface area contributed by atoms with Crippen LogP contribution in [0.5, 0.6) is 0 Å². The maximum absolute atomic E-state index is 12.8. The molecule has 1 aromatic rings. The lowest BCUT2D eigenvalue weighted by atomic mass is 10.1. The van der Waals surface area contributed by atoms with Crippen molar-refractivity contribution in [2.75, 3.05) is 13.6 Å². The van der Waals surface area contributed by atoms with Crippen LogP contribution in [0.25, 0.3) is 0 Å². The summed E-state index contributed by atoms with van der Waals surface area (Å²) in [5.74, 6) is -1.33. The Morgan fingerprint density at radius 2 is 2.00 bits per heavy atom. The smallest absolute Gasteiger partial charge is 0.352 e. The molecular formula is C12H14F4N2O. The molecule has 0 unspecified atom stereocenters. The SMILES string of the molecule is CNCCC(=O)NCc1ccc(F)cc1C(F)(F)F. The predicted octanol–water partition coefficient (Wildman–Crippen LogP) is 2.07. The predicted molar refractivity (Wildman–Crippen MR) is 61.8 cm³/mol. The Kier molecular flexibility index (Phi) is 5.29. The van der Waals surface area contributed by atoms with E-state index in [1.54, 1.807) is 7.05 Å². The van der Waals surface area contributed by atoms with E-state index < -0.39 is 17.6 Å². The number of nitrogens with one attached hydrogen (secondary N) is 2. The third-order valence-electron chi connectivity index (χ3n) is 2.46. The summed E-state index contributed by atoms with van der Waals surface area (Å²) in [5, 5.41) is 5.11. The molecule has 7 heteroatoms. The van der Waals surface area contributed by atoms with E-state index in [1.807, 2.05) is 0 Å². The van der Waals surface area contributed by atoms with Crippen LogP contribution < -0.4 is 10.6 Å². The maximum atomic E-state index is 12.8. The highest BCUT2D eigenvalue weighted by molar-refractivity contribution is 5.76. The Hall–Kier alpha value is -1.63. The molecule has 1 amide bonds. The van der Waals surface area contributed by atoms with Crippen molar-refractivity contribution in [1.29, 1.82) is 0 Å². The molecule has 0 aliphatic carbocycles. The zero-order chi connectivity index (χ0) is 14.5. The molecule has 0 aliphatic rings. The Morgan fingerprint density at radius 1 is 1.32 bits per heavy atom.